The summed E-state index contributed by atoms with van der Waals surface area (Å²) in [4.78, 5) is 11.8. The van der Waals surface area contributed by atoms with Crippen LogP contribution in [0.3, 0.4) is 0 Å². The topological polar surface area (TPSA) is 138 Å². The van der Waals surface area contributed by atoms with E-state index < -0.39 is 16.0 Å². The number of benzene rings is 2. The zero-order valence-corrected chi connectivity index (χ0v) is 15.2. The molecule has 0 atom stereocenters. The number of amides is 1. The maximum atomic E-state index is 12.2. The maximum Gasteiger partial charge on any atom is 0.294 e. The van der Waals surface area contributed by atoms with E-state index in [4.69, 9.17) is 14.0 Å². The number of rotatable bonds is 6. The largest absolute Gasteiger partial charge is 0.454 e. The standard InChI is InChI=1S/C18H15N3O6S/c19-8-13(10-20-9-12-4-5-16-17(6-12)27-11-26-16)18(22)21-14-2-1-3-15(7-14)28(23,24)25/h1-7,10,20H,9,11H2,(H,21,22)(H,23,24,25)/b13-10-. The number of carbonyl (C=O) groups excluding carboxylic acids is 1. The van der Waals surface area contributed by atoms with Crippen LogP contribution in [0.4, 0.5) is 5.69 Å². The number of nitrogens with one attached hydrogen (secondary N) is 2. The highest BCUT2D eigenvalue weighted by Crippen LogP contribution is 2.32. The van der Waals surface area contributed by atoms with E-state index in [1.807, 2.05) is 6.07 Å². The summed E-state index contributed by atoms with van der Waals surface area (Å²) in [6.45, 7) is 0.511. The van der Waals surface area contributed by atoms with Crippen LogP contribution in [0.1, 0.15) is 5.56 Å². The Bertz CT molecular complexity index is 1090. The second kappa shape index (κ2) is 7.99. The average Bonchev–Trinajstić information content (AvgIpc) is 3.12. The lowest BCUT2D eigenvalue weighted by molar-refractivity contribution is -0.112. The zero-order chi connectivity index (χ0) is 20.1. The minimum Gasteiger partial charge on any atom is -0.454 e. The molecular weight excluding hydrogens is 386 g/mol. The molecule has 0 saturated heterocycles. The molecule has 0 spiro atoms. The fourth-order valence-corrected chi connectivity index (χ4v) is 2.93. The summed E-state index contributed by atoms with van der Waals surface area (Å²) in [5.74, 6) is 0.553. The van der Waals surface area contributed by atoms with Crippen LogP contribution in [-0.2, 0) is 21.5 Å². The fraction of sp³-hybridized carbons (Fsp3) is 0.111. The molecule has 1 amide bonds. The summed E-state index contributed by atoms with van der Waals surface area (Å²) >= 11 is 0. The van der Waals surface area contributed by atoms with E-state index in [0.717, 1.165) is 11.6 Å². The first-order valence-electron chi connectivity index (χ1n) is 7.98. The van der Waals surface area contributed by atoms with Gasteiger partial charge in [-0.05, 0) is 35.9 Å². The molecule has 144 valence electrons. The smallest absolute Gasteiger partial charge is 0.294 e. The molecule has 10 heteroatoms. The van der Waals surface area contributed by atoms with E-state index in [1.165, 1.54) is 24.4 Å². The Morgan fingerprint density at radius 3 is 2.75 bits per heavy atom. The maximum absolute atomic E-state index is 12.2. The van der Waals surface area contributed by atoms with Gasteiger partial charge in [-0.2, -0.15) is 13.7 Å². The molecule has 0 saturated carbocycles. The van der Waals surface area contributed by atoms with Crippen LogP contribution in [-0.4, -0.2) is 25.7 Å². The van der Waals surface area contributed by atoms with Crippen LogP contribution in [0.5, 0.6) is 11.5 Å². The summed E-state index contributed by atoms with van der Waals surface area (Å²) in [7, 11) is -4.40. The first kappa shape index (κ1) is 19.2. The Hall–Kier alpha value is -3.55. The highest BCUT2D eigenvalue weighted by Gasteiger charge is 2.14. The van der Waals surface area contributed by atoms with Gasteiger partial charge in [-0.3, -0.25) is 9.35 Å². The first-order chi connectivity index (χ1) is 13.4. The molecule has 0 radical (unpaired) electrons. The molecular formula is C18H15N3O6S. The van der Waals surface area contributed by atoms with Crippen LogP contribution in [0.2, 0.25) is 0 Å². The molecule has 2 aromatic carbocycles. The zero-order valence-electron chi connectivity index (χ0n) is 14.4. The number of ether oxygens (including phenoxy) is 2. The Balaban J connectivity index is 1.64. The van der Waals surface area contributed by atoms with Crippen LogP contribution in [0.15, 0.2) is 59.1 Å². The Morgan fingerprint density at radius 2 is 2.00 bits per heavy atom. The predicted octanol–water partition coefficient (Wildman–Crippen LogP) is 1.80. The number of hydrogen-bond donors (Lipinski definition) is 3. The van der Waals surface area contributed by atoms with E-state index in [-0.39, 0.29) is 22.9 Å². The van der Waals surface area contributed by atoms with Crippen molar-refractivity contribution in [3.05, 3.63) is 59.8 Å². The third kappa shape index (κ3) is 4.59. The molecule has 9 nitrogen and oxygen atoms in total. The van der Waals surface area contributed by atoms with Gasteiger partial charge in [0.05, 0.1) is 4.90 Å². The molecule has 0 fully saturated rings. The molecule has 1 aliphatic heterocycles. The summed E-state index contributed by atoms with van der Waals surface area (Å²) in [6, 6.07) is 12.2. The van der Waals surface area contributed by atoms with Crippen molar-refractivity contribution < 1.29 is 27.2 Å². The van der Waals surface area contributed by atoms with Gasteiger partial charge in [0.15, 0.2) is 11.5 Å². The van der Waals surface area contributed by atoms with Crippen LogP contribution < -0.4 is 20.1 Å². The van der Waals surface area contributed by atoms with E-state index in [2.05, 4.69) is 10.6 Å². The van der Waals surface area contributed by atoms with Gasteiger partial charge in [-0.15, -0.1) is 0 Å². The summed E-state index contributed by atoms with van der Waals surface area (Å²) in [5.41, 5.74) is 0.772. The molecule has 0 aliphatic carbocycles. The van der Waals surface area contributed by atoms with E-state index in [1.54, 1.807) is 18.2 Å². The molecule has 3 N–H and O–H groups in total. The van der Waals surface area contributed by atoms with Crippen molar-refractivity contribution in [2.75, 3.05) is 12.1 Å². The van der Waals surface area contributed by atoms with Crippen molar-refractivity contribution in [2.45, 2.75) is 11.4 Å². The van der Waals surface area contributed by atoms with E-state index in [0.29, 0.717) is 18.0 Å². The van der Waals surface area contributed by atoms with Gasteiger partial charge in [0.1, 0.15) is 11.6 Å². The van der Waals surface area contributed by atoms with Crippen molar-refractivity contribution in [3.63, 3.8) is 0 Å². The van der Waals surface area contributed by atoms with Crippen molar-refractivity contribution in [2.24, 2.45) is 0 Å². The molecule has 1 heterocycles. The molecule has 0 unspecified atom stereocenters. The average molecular weight is 401 g/mol. The number of anilines is 1. The molecule has 1 aliphatic rings. The van der Waals surface area contributed by atoms with Gasteiger partial charge >= 0.3 is 0 Å². The lowest BCUT2D eigenvalue weighted by Gasteiger charge is -2.07. The molecule has 28 heavy (non-hydrogen) atoms. The van der Waals surface area contributed by atoms with E-state index in [9.17, 15) is 18.5 Å². The molecule has 0 bridgehead atoms. The predicted molar refractivity (Wildman–Crippen MR) is 98.0 cm³/mol. The number of fused-ring (bicyclic) bond motifs is 1. The van der Waals surface area contributed by atoms with Crippen molar-refractivity contribution >= 4 is 21.7 Å². The number of nitriles is 1. The highest BCUT2D eigenvalue weighted by molar-refractivity contribution is 7.85. The monoisotopic (exact) mass is 401 g/mol. The van der Waals surface area contributed by atoms with Crippen LogP contribution in [0.25, 0.3) is 0 Å². The number of carbonyl (C=O) groups is 1. The van der Waals surface area contributed by atoms with E-state index >= 15 is 0 Å². The second-order valence-electron chi connectivity index (χ2n) is 5.70. The Kier molecular flexibility index (Phi) is 5.49. The normalized spacial score (nSPS) is 12.9. The SMILES string of the molecule is N#C/C(=C/NCc1ccc2c(c1)OCO2)C(=O)Nc1cccc(S(=O)(=O)O)c1. The Labute approximate surface area is 160 Å². The lowest BCUT2D eigenvalue weighted by atomic mass is 10.2. The lowest BCUT2D eigenvalue weighted by Crippen LogP contribution is -2.17. The second-order valence-corrected chi connectivity index (χ2v) is 7.12. The summed E-state index contributed by atoms with van der Waals surface area (Å²) < 4.78 is 41.9. The fourth-order valence-electron chi connectivity index (χ4n) is 2.40. The van der Waals surface area contributed by atoms with Crippen LogP contribution in [0, 0.1) is 11.3 Å². The van der Waals surface area contributed by atoms with Gasteiger partial charge in [-0.25, -0.2) is 0 Å². The first-order valence-corrected chi connectivity index (χ1v) is 9.42. The van der Waals surface area contributed by atoms with Gasteiger partial charge in [0.25, 0.3) is 16.0 Å². The van der Waals surface area contributed by atoms with Gasteiger partial charge < -0.3 is 20.1 Å². The van der Waals surface area contributed by atoms with Gasteiger partial charge in [-0.1, -0.05) is 12.1 Å². The van der Waals surface area contributed by atoms with Crippen molar-refractivity contribution in [1.82, 2.24) is 5.32 Å². The van der Waals surface area contributed by atoms with Crippen molar-refractivity contribution in [1.29, 1.82) is 5.26 Å². The quantitative estimate of drug-likeness (QED) is 0.378. The van der Waals surface area contributed by atoms with Crippen molar-refractivity contribution in [3.8, 4) is 17.6 Å². The minimum atomic E-state index is -4.40. The van der Waals surface area contributed by atoms with Crippen LogP contribution >= 0.6 is 0 Å². The number of nitrogens with zero attached hydrogens (tertiary/aromatic N) is 1. The third-order valence-corrected chi connectivity index (χ3v) is 4.59. The highest BCUT2D eigenvalue weighted by atomic mass is 32.2. The summed E-state index contributed by atoms with van der Waals surface area (Å²) in [5, 5.41) is 14.5. The Morgan fingerprint density at radius 1 is 1.21 bits per heavy atom. The third-order valence-electron chi connectivity index (χ3n) is 3.74. The van der Waals surface area contributed by atoms with Gasteiger partial charge in [0, 0.05) is 18.4 Å². The molecule has 2 aromatic rings. The number of hydrogen-bond acceptors (Lipinski definition) is 7. The summed E-state index contributed by atoms with van der Waals surface area (Å²) in [6.07, 6.45) is 1.26. The molecule has 3 rings (SSSR count). The minimum absolute atomic E-state index is 0.122. The van der Waals surface area contributed by atoms with Gasteiger partial charge in [0.2, 0.25) is 6.79 Å². The molecule has 0 aromatic heterocycles.